The molecule has 1 aliphatic heterocycles. The lowest BCUT2D eigenvalue weighted by Crippen LogP contribution is -2.37. The summed E-state index contributed by atoms with van der Waals surface area (Å²) in [6.07, 6.45) is -3.82. The predicted molar refractivity (Wildman–Crippen MR) is 104 cm³/mol. The number of anilines is 1. The molecular weight excluding hydrogens is 430 g/mol. The van der Waals surface area contributed by atoms with Crippen molar-refractivity contribution in [3.8, 4) is 0 Å². The molecule has 4 N–H and O–H groups in total. The Labute approximate surface area is 174 Å². The fourth-order valence-corrected chi connectivity index (χ4v) is 2.79. The Hall–Kier alpha value is -2.69. The highest BCUT2D eigenvalue weighted by molar-refractivity contribution is 6.47. The fraction of sp³-hybridized carbons (Fsp3) is 0.444. The highest BCUT2D eigenvalue weighted by atomic mass is 35.5. The third-order valence-electron chi connectivity index (χ3n) is 4.24. The smallest absolute Gasteiger partial charge is 0.425 e. The second kappa shape index (κ2) is 8.99. The SMILES string of the molecule is CC(CC(OC(=N)N)C(F)(F)F)c1cc(NC(=O)C2=NCC(C)(Cl)C=C2)cnc1F. The van der Waals surface area contributed by atoms with E-state index in [1.807, 2.05) is 0 Å². The third-order valence-corrected chi connectivity index (χ3v) is 4.48. The van der Waals surface area contributed by atoms with E-state index in [0.717, 1.165) is 6.20 Å². The number of pyridine rings is 1. The van der Waals surface area contributed by atoms with Crippen molar-refractivity contribution in [2.24, 2.45) is 10.7 Å². The average molecular weight is 450 g/mol. The van der Waals surface area contributed by atoms with Crippen molar-refractivity contribution in [1.29, 1.82) is 5.41 Å². The molecule has 1 amide bonds. The van der Waals surface area contributed by atoms with Gasteiger partial charge in [0.2, 0.25) is 5.95 Å². The van der Waals surface area contributed by atoms with Gasteiger partial charge in [0.1, 0.15) is 5.71 Å². The van der Waals surface area contributed by atoms with Crippen LogP contribution in [0.15, 0.2) is 29.4 Å². The van der Waals surface area contributed by atoms with Crippen LogP contribution in [0.3, 0.4) is 0 Å². The first-order valence-corrected chi connectivity index (χ1v) is 9.13. The molecule has 3 atom stereocenters. The van der Waals surface area contributed by atoms with E-state index in [2.05, 4.69) is 20.0 Å². The van der Waals surface area contributed by atoms with Crippen LogP contribution in [0.4, 0.5) is 23.2 Å². The van der Waals surface area contributed by atoms with E-state index in [0.29, 0.717) is 0 Å². The number of amides is 1. The number of ether oxygens (including phenoxy) is 1. The van der Waals surface area contributed by atoms with E-state index < -0.39 is 47.4 Å². The molecule has 0 saturated carbocycles. The van der Waals surface area contributed by atoms with E-state index in [9.17, 15) is 22.4 Å². The van der Waals surface area contributed by atoms with Crippen molar-refractivity contribution < 1.29 is 27.1 Å². The first-order chi connectivity index (χ1) is 13.8. The largest absolute Gasteiger partial charge is 0.453 e. The molecule has 0 fully saturated rings. The summed E-state index contributed by atoms with van der Waals surface area (Å²) < 4.78 is 57.8. The zero-order valence-corrected chi connectivity index (χ0v) is 16.8. The molecule has 2 rings (SSSR count). The molecule has 0 spiro atoms. The van der Waals surface area contributed by atoms with Crippen molar-refractivity contribution in [2.75, 3.05) is 11.9 Å². The number of carbonyl (C=O) groups excluding carboxylic acids is 1. The topological polar surface area (TPSA) is 113 Å². The van der Waals surface area contributed by atoms with Crippen LogP contribution >= 0.6 is 11.6 Å². The van der Waals surface area contributed by atoms with Gasteiger partial charge in [-0.05, 0) is 25.0 Å². The minimum atomic E-state index is -4.81. The summed E-state index contributed by atoms with van der Waals surface area (Å²) in [6.45, 7) is 3.25. The van der Waals surface area contributed by atoms with E-state index in [1.165, 1.54) is 19.1 Å². The fourth-order valence-electron chi connectivity index (χ4n) is 2.67. The zero-order chi connectivity index (χ0) is 22.7. The number of hydrogen-bond acceptors (Lipinski definition) is 5. The molecule has 0 bridgehead atoms. The van der Waals surface area contributed by atoms with Crippen molar-refractivity contribution >= 4 is 34.9 Å². The molecular formula is C18H20ClF4N5O2. The van der Waals surface area contributed by atoms with Gasteiger partial charge in [-0.15, -0.1) is 11.6 Å². The number of alkyl halides is 4. The molecule has 1 aromatic heterocycles. The Morgan fingerprint density at radius 2 is 2.17 bits per heavy atom. The molecule has 1 aromatic rings. The van der Waals surface area contributed by atoms with E-state index in [4.69, 9.17) is 22.7 Å². The highest BCUT2D eigenvalue weighted by Crippen LogP contribution is 2.33. The maximum absolute atomic E-state index is 14.1. The van der Waals surface area contributed by atoms with Gasteiger partial charge in [-0.3, -0.25) is 15.2 Å². The van der Waals surface area contributed by atoms with Crippen LogP contribution in [0, 0.1) is 11.4 Å². The Kier molecular flexibility index (Phi) is 7.06. The maximum atomic E-state index is 14.1. The molecule has 0 saturated heterocycles. The first-order valence-electron chi connectivity index (χ1n) is 8.75. The summed E-state index contributed by atoms with van der Waals surface area (Å²) in [5.41, 5.74) is 4.91. The van der Waals surface area contributed by atoms with Crippen LogP contribution in [-0.2, 0) is 9.53 Å². The van der Waals surface area contributed by atoms with E-state index in [1.54, 1.807) is 13.0 Å². The third kappa shape index (κ3) is 6.41. The van der Waals surface area contributed by atoms with Crippen LogP contribution in [-0.4, -0.2) is 46.3 Å². The van der Waals surface area contributed by atoms with Gasteiger partial charge in [0.25, 0.3) is 11.9 Å². The highest BCUT2D eigenvalue weighted by Gasteiger charge is 2.43. The lowest BCUT2D eigenvalue weighted by atomic mass is 9.95. The number of nitrogens with zero attached hydrogens (tertiary/aromatic N) is 2. The molecule has 30 heavy (non-hydrogen) atoms. The van der Waals surface area contributed by atoms with Crippen LogP contribution < -0.4 is 11.1 Å². The van der Waals surface area contributed by atoms with Crippen molar-refractivity contribution in [2.45, 2.75) is 43.3 Å². The summed E-state index contributed by atoms with van der Waals surface area (Å²) >= 11 is 6.09. The quantitative estimate of drug-likeness (QED) is 0.203. The minimum absolute atomic E-state index is 0.0783. The standard InChI is InChI=1S/C18H20ClF4N5O2/c1-9(5-13(18(21,22)23)30-16(24)25)11-6-10(7-26-14(11)20)28-15(29)12-3-4-17(2,19)8-27-12/h3-4,6-7,9,13H,5,8H2,1-2H3,(H3,24,25)(H,28,29). The van der Waals surface area contributed by atoms with Gasteiger partial charge < -0.3 is 15.8 Å². The Morgan fingerprint density at radius 1 is 1.50 bits per heavy atom. The van der Waals surface area contributed by atoms with Crippen LogP contribution in [0.25, 0.3) is 0 Å². The summed E-state index contributed by atoms with van der Waals surface area (Å²) in [5, 5.41) is 9.40. The summed E-state index contributed by atoms with van der Waals surface area (Å²) in [5.74, 6) is -2.60. The lowest BCUT2D eigenvalue weighted by Gasteiger charge is -2.24. The Balaban J connectivity index is 2.16. The Bertz CT molecular complexity index is 886. The molecule has 0 aliphatic carbocycles. The summed E-state index contributed by atoms with van der Waals surface area (Å²) in [6, 6.07) is 0.0868. The van der Waals surface area contributed by atoms with Gasteiger partial charge >= 0.3 is 6.18 Å². The van der Waals surface area contributed by atoms with Crippen LogP contribution in [0.1, 0.15) is 31.7 Å². The molecule has 12 heteroatoms. The molecule has 164 valence electrons. The normalized spacial score (nSPS) is 20.8. The molecule has 2 heterocycles. The molecule has 3 unspecified atom stereocenters. The van der Waals surface area contributed by atoms with Crippen LogP contribution in [0.5, 0.6) is 0 Å². The van der Waals surface area contributed by atoms with Gasteiger partial charge in [0, 0.05) is 12.0 Å². The predicted octanol–water partition coefficient (Wildman–Crippen LogP) is 3.50. The lowest BCUT2D eigenvalue weighted by molar-refractivity contribution is -0.202. The van der Waals surface area contributed by atoms with Crippen LogP contribution in [0.2, 0.25) is 0 Å². The number of nitrogens with two attached hydrogens (primary N) is 1. The van der Waals surface area contributed by atoms with E-state index in [-0.39, 0.29) is 23.5 Å². The van der Waals surface area contributed by atoms with Crippen molar-refractivity contribution in [1.82, 2.24) is 4.98 Å². The van der Waals surface area contributed by atoms with Gasteiger partial charge in [-0.2, -0.15) is 17.6 Å². The second-order valence-corrected chi connectivity index (χ2v) is 7.88. The maximum Gasteiger partial charge on any atom is 0.425 e. The molecule has 0 radical (unpaired) electrons. The van der Waals surface area contributed by atoms with Crippen molar-refractivity contribution in [3.63, 3.8) is 0 Å². The molecule has 7 nitrogen and oxygen atoms in total. The average Bonchev–Trinajstić information content (AvgIpc) is 2.61. The zero-order valence-electron chi connectivity index (χ0n) is 16.1. The molecule has 0 aromatic carbocycles. The number of nitrogens with one attached hydrogen (secondary N) is 2. The van der Waals surface area contributed by atoms with Gasteiger partial charge in [-0.25, -0.2) is 4.98 Å². The number of aliphatic imine (C=N–C) groups is 1. The number of dihydropyridines is 1. The summed E-state index contributed by atoms with van der Waals surface area (Å²) in [7, 11) is 0. The van der Waals surface area contributed by atoms with Gasteiger partial charge in [0.05, 0.1) is 23.3 Å². The number of amidine groups is 1. The minimum Gasteiger partial charge on any atom is -0.453 e. The Morgan fingerprint density at radius 3 is 2.70 bits per heavy atom. The number of halogens is 5. The number of hydrogen-bond donors (Lipinski definition) is 3. The number of aromatic nitrogens is 1. The molecule has 1 aliphatic rings. The number of carbonyl (C=O) groups is 1. The van der Waals surface area contributed by atoms with Gasteiger partial charge in [0.15, 0.2) is 6.10 Å². The van der Waals surface area contributed by atoms with Crippen molar-refractivity contribution in [3.05, 3.63) is 35.9 Å². The monoisotopic (exact) mass is 449 g/mol. The van der Waals surface area contributed by atoms with E-state index >= 15 is 0 Å². The van der Waals surface area contributed by atoms with Gasteiger partial charge in [-0.1, -0.05) is 13.0 Å². The summed E-state index contributed by atoms with van der Waals surface area (Å²) in [4.78, 5) is 19.2. The first kappa shape index (κ1) is 23.6. The number of rotatable bonds is 6. The second-order valence-electron chi connectivity index (χ2n) is 7.02.